The lowest BCUT2D eigenvalue weighted by Crippen LogP contribution is -2.39. The first-order chi connectivity index (χ1) is 18.3. The van der Waals surface area contributed by atoms with E-state index in [0.717, 1.165) is 38.6 Å². The predicted octanol–water partition coefficient (Wildman–Crippen LogP) is 7.69. The third-order valence-corrected chi connectivity index (χ3v) is 8.51. The van der Waals surface area contributed by atoms with Crippen molar-refractivity contribution in [2.24, 2.45) is 5.73 Å². The molecule has 0 saturated heterocycles. The molecule has 1 aliphatic heterocycles. The van der Waals surface area contributed by atoms with Gasteiger partial charge in [-0.05, 0) is 85.8 Å². The van der Waals surface area contributed by atoms with Gasteiger partial charge in [-0.3, -0.25) is 9.69 Å². The third-order valence-electron chi connectivity index (χ3n) is 7.20. The number of allylic oxidation sites excluding steroid dienone is 3. The van der Waals surface area contributed by atoms with E-state index in [1.165, 1.54) is 12.1 Å². The maximum absolute atomic E-state index is 14.2. The van der Waals surface area contributed by atoms with Gasteiger partial charge in [0.1, 0.15) is 11.6 Å². The molecule has 0 spiro atoms. The Kier molecular flexibility index (Phi) is 7.34. The highest BCUT2D eigenvalue weighted by molar-refractivity contribution is 7.98. The summed E-state index contributed by atoms with van der Waals surface area (Å²) in [4.78, 5) is 16.3. The number of Topliss-reactive ketones (excluding diaryl/α,β-unsaturated/α-hetero) is 1. The number of hydrogen-bond donors (Lipinski definition) is 1. The van der Waals surface area contributed by atoms with Gasteiger partial charge in [0.15, 0.2) is 5.78 Å². The number of carbonyl (C=O) groups excluding carboxylic acids is 1. The summed E-state index contributed by atoms with van der Waals surface area (Å²) in [7, 11) is 0. The highest BCUT2D eigenvalue weighted by Gasteiger charge is 2.41. The average Bonchev–Trinajstić information content (AvgIpc) is 2.89. The molecule has 4 nitrogen and oxygen atoms in total. The van der Waals surface area contributed by atoms with E-state index in [4.69, 9.17) is 17.3 Å². The average molecular weight is 544 g/mol. The Morgan fingerprint density at radius 1 is 1.13 bits per heavy atom. The molecule has 7 heteroatoms. The van der Waals surface area contributed by atoms with Crippen LogP contribution in [-0.2, 0) is 10.5 Å². The van der Waals surface area contributed by atoms with Crippen LogP contribution < -0.4 is 10.6 Å². The van der Waals surface area contributed by atoms with Crippen LogP contribution in [0.5, 0.6) is 0 Å². The summed E-state index contributed by atoms with van der Waals surface area (Å²) >= 11 is 7.75. The molecule has 0 saturated carbocycles. The Hall–Kier alpha value is -3.53. The molecule has 1 heterocycles. The molecule has 0 radical (unpaired) electrons. The van der Waals surface area contributed by atoms with E-state index in [-0.39, 0.29) is 11.6 Å². The van der Waals surface area contributed by atoms with Crippen LogP contribution in [0.15, 0.2) is 88.2 Å². The molecule has 1 unspecified atom stereocenters. The molecule has 5 rings (SSSR count). The minimum atomic E-state index is -0.563. The smallest absolute Gasteiger partial charge is 0.161 e. The van der Waals surface area contributed by atoms with Crippen LogP contribution in [-0.4, -0.2) is 5.78 Å². The maximum atomic E-state index is 14.2. The summed E-state index contributed by atoms with van der Waals surface area (Å²) in [6, 6.07) is 20.4. The van der Waals surface area contributed by atoms with Crippen LogP contribution in [0.25, 0.3) is 0 Å². The van der Waals surface area contributed by atoms with Gasteiger partial charge >= 0.3 is 0 Å². The number of nitrogens with zero attached hydrogens (tertiary/aromatic N) is 2. The Morgan fingerprint density at radius 2 is 1.89 bits per heavy atom. The third kappa shape index (κ3) is 4.84. The highest BCUT2D eigenvalue weighted by Crippen LogP contribution is 2.47. The molecule has 1 atom stereocenters. The van der Waals surface area contributed by atoms with E-state index in [1.54, 1.807) is 28.8 Å². The largest absolute Gasteiger partial charge is 0.384 e. The minimum absolute atomic E-state index is 0.0101. The summed E-state index contributed by atoms with van der Waals surface area (Å²) < 4.78 is 14.2. The molecular formula is C31H27ClFN3OS. The number of anilines is 1. The quantitative estimate of drug-likeness (QED) is 0.334. The monoisotopic (exact) mass is 543 g/mol. The molecular weight excluding hydrogens is 517 g/mol. The summed E-state index contributed by atoms with van der Waals surface area (Å²) in [5.41, 5.74) is 13.0. The molecule has 192 valence electrons. The lowest BCUT2D eigenvalue weighted by atomic mass is 9.73. The number of carbonyl (C=O) groups is 1. The first kappa shape index (κ1) is 26.1. The van der Waals surface area contributed by atoms with E-state index < -0.39 is 11.7 Å². The number of thioether (sulfide) groups is 1. The number of hydrogen-bond acceptors (Lipinski definition) is 5. The Balaban J connectivity index is 1.63. The van der Waals surface area contributed by atoms with Gasteiger partial charge in [0.05, 0.1) is 23.2 Å². The highest BCUT2D eigenvalue weighted by atomic mass is 35.5. The topological polar surface area (TPSA) is 70.1 Å². The van der Waals surface area contributed by atoms with Crippen molar-refractivity contribution in [2.45, 2.75) is 49.7 Å². The number of nitrogens with two attached hydrogens (primary N) is 1. The van der Waals surface area contributed by atoms with Crippen molar-refractivity contribution in [3.05, 3.63) is 116 Å². The van der Waals surface area contributed by atoms with E-state index in [9.17, 15) is 14.4 Å². The van der Waals surface area contributed by atoms with E-state index in [2.05, 4.69) is 18.2 Å². The van der Waals surface area contributed by atoms with Crippen LogP contribution in [0.4, 0.5) is 10.1 Å². The van der Waals surface area contributed by atoms with Gasteiger partial charge in [-0.15, -0.1) is 11.8 Å². The fourth-order valence-electron chi connectivity index (χ4n) is 5.41. The second-order valence-electron chi connectivity index (χ2n) is 9.68. The molecule has 1 aliphatic carbocycles. The molecule has 0 aromatic heterocycles. The van der Waals surface area contributed by atoms with E-state index >= 15 is 0 Å². The molecule has 0 bridgehead atoms. The van der Waals surface area contributed by atoms with Crippen LogP contribution in [0, 0.1) is 31.0 Å². The molecule has 38 heavy (non-hydrogen) atoms. The Labute approximate surface area is 231 Å². The Morgan fingerprint density at radius 3 is 2.61 bits per heavy atom. The number of rotatable bonds is 5. The van der Waals surface area contributed by atoms with Crippen molar-refractivity contribution >= 4 is 34.8 Å². The normalized spacial score (nSPS) is 17.5. The molecule has 3 aromatic carbocycles. The lowest BCUT2D eigenvalue weighted by Gasteiger charge is -2.40. The first-order valence-corrected chi connectivity index (χ1v) is 13.8. The molecule has 0 fully saturated rings. The van der Waals surface area contributed by atoms with Gasteiger partial charge in [-0.25, -0.2) is 4.39 Å². The van der Waals surface area contributed by atoms with Crippen molar-refractivity contribution in [1.29, 1.82) is 5.26 Å². The molecule has 3 aromatic rings. The minimum Gasteiger partial charge on any atom is -0.384 e. The van der Waals surface area contributed by atoms with Gasteiger partial charge in [-0.1, -0.05) is 35.4 Å². The summed E-state index contributed by atoms with van der Waals surface area (Å²) in [6.07, 6.45) is 1.72. The van der Waals surface area contributed by atoms with Crippen molar-refractivity contribution in [2.75, 3.05) is 4.90 Å². The summed E-state index contributed by atoms with van der Waals surface area (Å²) in [5, 5.41) is 11.1. The van der Waals surface area contributed by atoms with Gasteiger partial charge in [-0.2, -0.15) is 5.26 Å². The van der Waals surface area contributed by atoms with Crippen LogP contribution in [0.1, 0.15) is 47.4 Å². The van der Waals surface area contributed by atoms with Gasteiger partial charge < -0.3 is 5.73 Å². The maximum Gasteiger partial charge on any atom is 0.161 e. The van der Waals surface area contributed by atoms with Crippen molar-refractivity contribution < 1.29 is 9.18 Å². The number of aryl methyl sites for hydroxylation is 1. The lowest BCUT2D eigenvalue weighted by molar-refractivity contribution is -0.116. The Bertz CT molecular complexity index is 1540. The van der Waals surface area contributed by atoms with Crippen LogP contribution in [0.3, 0.4) is 0 Å². The van der Waals surface area contributed by atoms with Crippen LogP contribution >= 0.6 is 23.4 Å². The number of halogens is 2. The fraction of sp³-hybridized carbons (Fsp3) is 0.226. The van der Waals surface area contributed by atoms with E-state index in [1.807, 2.05) is 38.1 Å². The first-order valence-electron chi connectivity index (χ1n) is 12.5. The predicted molar refractivity (Wildman–Crippen MR) is 151 cm³/mol. The molecule has 0 amide bonds. The number of benzene rings is 3. The van der Waals surface area contributed by atoms with Crippen molar-refractivity contribution in [3.63, 3.8) is 0 Å². The zero-order valence-corrected chi connectivity index (χ0v) is 22.8. The van der Waals surface area contributed by atoms with Crippen molar-refractivity contribution in [1.82, 2.24) is 0 Å². The number of nitriles is 1. The number of ketones is 1. The SMILES string of the molecule is Cc1cc(CSc2ccc(Cl)cc2)c(C)c(C2C(C#N)=C(N)N(c3cccc(F)c3)C3=C2C(=O)CCC3)c1. The standard InChI is InChI=1S/C31H27ClFN3OS/c1-18-13-20(17-38-24-11-9-21(32)10-12-24)19(2)25(14-18)29-26(16-34)31(35)36(23-6-3-5-22(33)15-23)27-7-4-8-28(37)30(27)29/h3,5-6,9-15,29H,4,7-8,17,35H2,1-2H3. The zero-order chi connectivity index (χ0) is 27.0. The van der Waals surface area contributed by atoms with Gasteiger partial charge in [0.2, 0.25) is 0 Å². The molecule has 2 N–H and O–H groups in total. The summed E-state index contributed by atoms with van der Waals surface area (Å²) in [6.45, 7) is 4.07. The van der Waals surface area contributed by atoms with E-state index in [0.29, 0.717) is 41.1 Å². The molecule has 2 aliphatic rings. The van der Waals surface area contributed by atoms with Crippen LogP contribution in [0.2, 0.25) is 5.02 Å². The summed E-state index contributed by atoms with van der Waals surface area (Å²) in [5.74, 6) is 0.0143. The van der Waals surface area contributed by atoms with Gasteiger partial charge in [0.25, 0.3) is 0 Å². The fourth-order valence-corrected chi connectivity index (χ4v) is 6.49. The second kappa shape index (κ2) is 10.7. The second-order valence-corrected chi connectivity index (χ2v) is 11.2. The zero-order valence-electron chi connectivity index (χ0n) is 21.2. The van der Waals surface area contributed by atoms with Crippen molar-refractivity contribution in [3.8, 4) is 6.07 Å². The van der Waals surface area contributed by atoms with Gasteiger partial charge in [0, 0.05) is 33.4 Å².